The molecule has 2 aromatic heterocycles. The molecule has 3 aromatic rings. The molecular weight excluding hydrogens is 326 g/mol. The number of pyridine rings is 1. The number of carbonyl (C=O) groups excluding carboxylic acids is 1. The van der Waals surface area contributed by atoms with E-state index in [9.17, 15) is 4.79 Å². The quantitative estimate of drug-likeness (QED) is 0.787. The second kappa shape index (κ2) is 7.49. The van der Waals surface area contributed by atoms with E-state index in [2.05, 4.69) is 44.1 Å². The van der Waals surface area contributed by atoms with Gasteiger partial charge in [-0.15, -0.1) is 0 Å². The Morgan fingerprint density at radius 2 is 1.92 bits per heavy atom. The summed E-state index contributed by atoms with van der Waals surface area (Å²) in [5.41, 5.74) is 3.25. The number of nitrogens with zero attached hydrogens (tertiary/aromatic N) is 4. The van der Waals surface area contributed by atoms with Crippen molar-refractivity contribution in [2.45, 2.75) is 0 Å². The molecule has 6 nitrogen and oxygen atoms in total. The minimum absolute atomic E-state index is 0.0356. The summed E-state index contributed by atoms with van der Waals surface area (Å²) in [5.74, 6) is 0.0356. The van der Waals surface area contributed by atoms with E-state index < -0.39 is 0 Å². The molecule has 1 saturated heterocycles. The lowest BCUT2D eigenvalue weighted by Crippen LogP contribution is -2.48. The molecule has 6 heteroatoms. The lowest BCUT2D eigenvalue weighted by atomic mass is 10.2. The molecule has 0 bridgehead atoms. The largest absolute Gasteiger partial charge is 0.343 e. The van der Waals surface area contributed by atoms with Gasteiger partial charge < -0.3 is 9.88 Å². The van der Waals surface area contributed by atoms with Crippen LogP contribution in [0.4, 0.5) is 0 Å². The number of aromatic nitrogens is 3. The zero-order valence-corrected chi connectivity index (χ0v) is 14.5. The summed E-state index contributed by atoms with van der Waals surface area (Å²) >= 11 is 0. The predicted octanol–water partition coefficient (Wildman–Crippen LogP) is 2.43. The van der Waals surface area contributed by atoms with Gasteiger partial charge in [-0.25, -0.2) is 9.97 Å². The number of hydrogen-bond acceptors (Lipinski definition) is 4. The SMILES string of the molecule is O=C(c1cnc2nc[nH]c2c1)N1CCN(C/C=C/c2ccccc2)CC1. The van der Waals surface area contributed by atoms with E-state index in [0.29, 0.717) is 11.2 Å². The summed E-state index contributed by atoms with van der Waals surface area (Å²) < 4.78 is 0. The van der Waals surface area contributed by atoms with Gasteiger partial charge in [0.15, 0.2) is 5.65 Å². The molecule has 4 rings (SSSR count). The first kappa shape index (κ1) is 16.5. The smallest absolute Gasteiger partial charge is 0.255 e. The van der Waals surface area contributed by atoms with Crippen LogP contribution < -0.4 is 0 Å². The van der Waals surface area contributed by atoms with Crippen LogP contribution in [0, 0.1) is 0 Å². The first-order valence-corrected chi connectivity index (χ1v) is 8.82. The highest BCUT2D eigenvalue weighted by Gasteiger charge is 2.22. The lowest BCUT2D eigenvalue weighted by molar-refractivity contribution is 0.0650. The van der Waals surface area contributed by atoms with E-state index in [1.54, 1.807) is 12.5 Å². The number of aromatic amines is 1. The highest BCUT2D eigenvalue weighted by Crippen LogP contribution is 2.13. The van der Waals surface area contributed by atoms with Crippen molar-refractivity contribution in [3.63, 3.8) is 0 Å². The van der Waals surface area contributed by atoms with Crippen LogP contribution >= 0.6 is 0 Å². The zero-order chi connectivity index (χ0) is 17.8. The molecular formula is C20H21N5O. The molecule has 1 fully saturated rings. The molecule has 0 aliphatic carbocycles. The second-order valence-electron chi connectivity index (χ2n) is 6.40. The minimum atomic E-state index is 0.0356. The van der Waals surface area contributed by atoms with Crippen LogP contribution in [-0.4, -0.2) is 63.4 Å². The Hall–Kier alpha value is -2.99. The van der Waals surface area contributed by atoms with Gasteiger partial charge in [0, 0.05) is 38.9 Å². The highest BCUT2D eigenvalue weighted by atomic mass is 16.2. The molecule has 0 unspecified atom stereocenters. The highest BCUT2D eigenvalue weighted by molar-refractivity contribution is 5.96. The molecule has 1 aliphatic heterocycles. The Morgan fingerprint density at radius 1 is 1.12 bits per heavy atom. The molecule has 1 N–H and O–H groups in total. The Morgan fingerprint density at radius 3 is 2.73 bits per heavy atom. The summed E-state index contributed by atoms with van der Waals surface area (Å²) in [6.07, 6.45) is 7.53. The number of amides is 1. The van der Waals surface area contributed by atoms with E-state index >= 15 is 0 Å². The average Bonchev–Trinajstić information content (AvgIpc) is 3.17. The normalized spacial score (nSPS) is 15.8. The standard InChI is InChI=1S/C20H21N5O/c26-20(17-13-18-19(21-14-17)23-15-22-18)25-11-9-24(10-12-25)8-4-7-16-5-2-1-3-6-16/h1-7,13-15H,8-12H2,(H,21,22,23)/b7-4+. The van der Waals surface area contributed by atoms with Crippen LogP contribution in [0.3, 0.4) is 0 Å². The topological polar surface area (TPSA) is 65.1 Å². The van der Waals surface area contributed by atoms with Crippen molar-refractivity contribution in [3.8, 4) is 0 Å². The fraction of sp³-hybridized carbons (Fsp3) is 0.250. The third kappa shape index (κ3) is 3.65. The molecule has 132 valence electrons. The maximum atomic E-state index is 12.7. The third-order valence-corrected chi connectivity index (χ3v) is 4.65. The van der Waals surface area contributed by atoms with Gasteiger partial charge in [0.05, 0.1) is 17.4 Å². The first-order chi connectivity index (χ1) is 12.8. The molecule has 0 radical (unpaired) electrons. The van der Waals surface area contributed by atoms with Gasteiger partial charge >= 0.3 is 0 Å². The monoisotopic (exact) mass is 347 g/mol. The van der Waals surface area contributed by atoms with Crippen molar-refractivity contribution in [1.29, 1.82) is 0 Å². The van der Waals surface area contributed by atoms with Gasteiger partial charge in [-0.1, -0.05) is 42.5 Å². The number of benzene rings is 1. The van der Waals surface area contributed by atoms with Gasteiger partial charge in [0.2, 0.25) is 0 Å². The van der Waals surface area contributed by atoms with Gasteiger partial charge in [-0.2, -0.15) is 0 Å². The molecule has 1 amide bonds. The van der Waals surface area contributed by atoms with Crippen molar-refractivity contribution < 1.29 is 4.79 Å². The van der Waals surface area contributed by atoms with E-state index in [0.717, 1.165) is 38.2 Å². The van der Waals surface area contributed by atoms with Crippen LogP contribution in [0.25, 0.3) is 17.2 Å². The summed E-state index contributed by atoms with van der Waals surface area (Å²) in [6.45, 7) is 4.13. The van der Waals surface area contributed by atoms with Crippen molar-refractivity contribution in [2.75, 3.05) is 32.7 Å². The van der Waals surface area contributed by atoms with Crippen LogP contribution in [-0.2, 0) is 0 Å². The Bertz CT molecular complexity index is 910. The van der Waals surface area contributed by atoms with Crippen LogP contribution in [0.15, 0.2) is 55.0 Å². The van der Waals surface area contributed by atoms with Crippen molar-refractivity contribution in [1.82, 2.24) is 24.8 Å². The van der Waals surface area contributed by atoms with Crippen LogP contribution in [0.2, 0.25) is 0 Å². The summed E-state index contributed by atoms with van der Waals surface area (Å²) in [5, 5.41) is 0. The average molecular weight is 347 g/mol. The zero-order valence-electron chi connectivity index (χ0n) is 14.5. The summed E-state index contributed by atoms with van der Waals surface area (Å²) in [4.78, 5) is 28.3. The van der Waals surface area contributed by atoms with Crippen molar-refractivity contribution in [3.05, 3.63) is 66.1 Å². The number of hydrogen-bond donors (Lipinski definition) is 1. The van der Waals surface area contributed by atoms with Gasteiger partial charge in [-0.05, 0) is 11.6 Å². The fourth-order valence-corrected chi connectivity index (χ4v) is 3.16. The number of nitrogens with one attached hydrogen (secondary N) is 1. The molecule has 3 heterocycles. The molecule has 26 heavy (non-hydrogen) atoms. The van der Waals surface area contributed by atoms with E-state index in [4.69, 9.17) is 0 Å². The van der Waals surface area contributed by atoms with E-state index in [1.807, 2.05) is 29.2 Å². The molecule has 0 atom stereocenters. The fourth-order valence-electron chi connectivity index (χ4n) is 3.16. The maximum Gasteiger partial charge on any atom is 0.255 e. The number of rotatable bonds is 4. The second-order valence-corrected chi connectivity index (χ2v) is 6.40. The summed E-state index contributed by atoms with van der Waals surface area (Å²) in [7, 11) is 0. The third-order valence-electron chi connectivity index (χ3n) is 4.65. The molecule has 1 aliphatic rings. The minimum Gasteiger partial charge on any atom is -0.343 e. The molecule has 1 aromatic carbocycles. The maximum absolute atomic E-state index is 12.7. The number of imidazole rings is 1. The van der Waals surface area contributed by atoms with Gasteiger partial charge in [0.25, 0.3) is 5.91 Å². The number of fused-ring (bicyclic) bond motifs is 1. The Labute approximate surface area is 152 Å². The van der Waals surface area contributed by atoms with Crippen LogP contribution in [0.1, 0.15) is 15.9 Å². The summed E-state index contributed by atoms with van der Waals surface area (Å²) in [6, 6.07) is 12.1. The predicted molar refractivity (Wildman–Crippen MR) is 102 cm³/mol. The number of H-pyrrole nitrogens is 1. The van der Waals surface area contributed by atoms with Gasteiger partial charge in [-0.3, -0.25) is 9.69 Å². The first-order valence-electron chi connectivity index (χ1n) is 8.82. The molecule has 0 saturated carbocycles. The number of carbonyl (C=O) groups is 1. The number of piperazine rings is 1. The Balaban J connectivity index is 1.31. The van der Waals surface area contributed by atoms with Crippen LogP contribution in [0.5, 0.6) is 0 Å². The lowest BCUT2D eigenvalue weighted by Gasteiger charge is -2.34. The van der Waals surface area contributed by atoms with Crippen molar-refractivity contribution in [2.24, 2.45) is 0 Å². The van der Waals surface area contributed by atoms with Crippen molar-refractivity contribution >= 4 is 23.1 Å². The molecule has 0 spiro atoms. The van der Waals surface area contributed by atoms with E-state index in [-0.39, 0.29) is 5.91 Å². The van der Waals surface area contributed by atoms with E-state index in [1.165, 1.54) is 5.56 Å². The Kier molecular flexibility index (Phi) is 4.75. The van der Waals surface area contributed by atoms with Gasteiger partial charge in [0.1, 0.15) is 0 Å².